The summed E-state index contributed by atoms with van der Waals surface area (Å²) in [4.78, 5) is 23.0. The third-order valence-electron chi connectivity index (χ3n) is 3.37. The number of amides is 2. The van der Waals surface area contributed by atoms with E-state index in [9.17, 15) is 9.59 Å². The van der Waals surface area contributed by atoms with Crippen LogP contribution in [0.5, 0.6) is 0 Å². The molecule has 0 bridgehead atoms. The van der Waals surface area contributed by atoms with Gasteiger partial charge in [0.1, 0.15) is 5.69 Å². The Morgan fingerprint density at radius 1 is 1.42 bits per heavy atom. The van der Waals surface area contributed by atoms with Gasteiger partial charge in [0.2, 0.25) is 11.8 Å². The SMILES string of the molecule is NCc1ccc2c(C3CCC(=O)NC3=O)noc2c1. The first kappa shape index (κ1) is 11.9. The Balaban J connectivity index is 2.01. The van der Waals surface area contributed by atoms with E-state index in [0.29, 0.717) is 30.7 Å². The summed E-state index contributed by atoms with van der Waals surface area (Å²) >= 11 is 0. The van der Waals surface area contributed by atoms with Crippen LogP contribution >= 0.6 is 0 Å². The normalized spacial score (nSPS) is 19.7. The minimum atomic E-state index is -0.428. The van der Waals surface area contributed by atoms with Crippen LogP contribution in [0, 0.1) is 0 Å². The first-order chi connectivity index (χ1) is 9.19. The number of benzene rings is 1. The van der Waals surface area contributed by atoms with Crippen LogP contribution in [0.4, 0.5) is 0 Å². The molecule has 2 aromatic rings. The number of fused-ring (bicyclic) bond motifs is 1. The van der Waals surface area contributed by atoms with Gasteiger partial charge in [0.15, 0.2) is 5.58 Å². The highest BCUT2D eigenvalue weighted by Crippen LogP contribution is 2.30. The van der Waals surface area contributed by atoms with Crippen LogP contribution in [0.1, 0.15) is 30.0 Å². The number of aromatic nitrogens is 1. The zero-order valence-electron chi connectivity index (χ0n) is 10.2. The number of carbonyl (C=O) groups is 2. The van der Waals surface area contributed by atoms with Gasteiger partial charge in [0.05, 0.1) is 5.92 Å². The molecule has 1 atom stereocenters. The Morgan fingerprint density at radius 3 is 3.00 bits per heavy atom. The molecule has 0 spiro atoms. The summed E-state index contributed by atoms with van der Waals surface area (Å²) in [6.07, 6.45) is 0.788. The number of nitrogens with zero attached hydrogens (tertiary/aromatic N) is 1. The molecule has 3 rings (SSSR count). The van der Waals surface area contributed by atoms with Crippen molar-refractivity contribution in [3.63, 3.8) is 0 Å². The van der Waals surface area contributed by atoms with Crippen LogP contribution in [0.15, 0.2) is 22.7 Å². The fourth-order valence-corrected chi connectivity index (χ4v) is 2.33. The molecule has 2 amide bonds. The molecule has 1 saturated heterocycles. The maximum Gasteiger partial charge on any atom is 0.235 e. The number of piperidine rings is 1. The second kappa shape index (κ2) is 4.47. The smallest absolute Gasteiger partial charge is 0.235 e. The number of carbonyl (C=O) groups excluding carboxylic acids is 2. The lowest BCUT2D eigenvalue weighted by molar-refractivity contribution is -0.134. The summed E-state index contributed by atoms with van der Waals surface area (Å²) in [5.74, 6) is -0.975. The third kappa shape index (κ3) is 2.00. The molecule has 6 nitrogen and oxygen atoms in total. The van der Waals surface area contributed by atoms with E-state index in [1.165, 1.54) is 0 Å². The molecule has 0 radical (unpaired) electrons. The average Bonchev–Trinajstić information content (AvgIpc) is 2.81. The summed E-state index contributed by atoms with van der Waals surface area (Å²) in [6.45, 7) is 0.421. The van der Waals surface area contributed by atoms with Gasteiger partial charge >= 0.3 is 0 Å². The van der Waals surface area contributed by atoms with Crippen LogP contribution < -0.4 is 11.1 Å². The van der Waals surface area contributed by atoms with E-state index in [2.05, 4.69) is 10.5 Å². The molecule has 98 valence electrons. The van der Waals surface area contributed by atoms with E-state index in [4.69, 9.17) is 10.3 Å². The molecular formula is C13H13N3O3. The molecule has 1 aromatic carbocycles. The standard InChI is InChI=1S/C13H13N3O3/c14-6-7-1-2-8-10(5-7)19-16-12(8)9-3-4-11(17)15-13(9)18/h1-2,5,9H,3-4,6,14H2,(H,15,17,18). The van der Waals surface area contributed by atoms with Gasteiger partial charge < -0.3 is 10.3 Å². The maximum absolute atomic E-state index is 11.8. The lowest BCUT2D eigenvalue weighted by atomic mass is 9.92. The van der Waals surface area contributed by atoms with Crippen LogP contribution in [-0.2, 0) is 16.1 Å². The Bertz CT molecular complexity index is 662. The summed E-state index contributed by atoms with van der Waals surface area (Å²) in [5.41, 5.74) is 7.71. The first-order valence-corrected chi connectivity index (χ1v) is 6.11. The predicted octanol–water partition coefficient (Wildman–Crippen LogP) is 0.807. The van der Waals surface area contributed by atoms with Gasteiger partial charge in [-0.1, -0.05) is 11.2 Å². The van der Waals surface area contributed by atoms with Crippen molar-refractivity contribution >= 4 is 22.8 Å². The van der Waals surface area contributed by atoms with E-state index in [1.54, 1.807) is 0 Å². The van der Waals surface area contributed by atoms with Gasteiger partial charge in [-0.2, -0.15) is 0 Å². The predicted molar refractivity (Wildman–Crippen MR) is 67.0 cm³/mol. The van der Waals surface area contributed by atoms with E-state index in [-0.39, 0.29) is 11.8 Å². The summed E-state index contributed by atoms with van der Waals surface area (Å²) in [6, 6.07) is 5.56. The van der Waals surface area contributed by atoms with Crippen molar-refractivity contribution in [1.82, 2.24) is 10.5 Å². The molecule has 1 aliphatic rings. The van der Waals surface area contributed by atoms with E-state index < -0.39 is 5.92 Å². The molecule has 3 N–H and O–H groups in total. The van der Waals surface area contributed by atoms with Crippen LogP contribution in [0.25, 0.3) is 11.0 Å². The van der Waals surface area contributed by atoms with Gasteiger partial charge in [-0.05, 0) is 24.1 Å². The topological polar surface area (TPSA) is 98.2 Å². The summed E-state index contributed by atoms with van der Waals surface area (Å²) < 4.78 is 5.25. The average molecular weight is 259 g/mol. The molecule has 1 fully saturated rings. The molecule has 1 aromatic heterocycles. The Labute approximate surface area is 108 Å². The highest BCUT2D eigenvalue weighted by atomic mass is 16.5. The zero-order chi connectivity index (χ0) is 13.4. The molecule has 19 heavy (non-hydrogen) atoms. The fraction of sp³-hybridized carbons (Fsp3) is 0.308. The van der Waals surface area contributed by atoms with Crippen molar-refractivity contribution in [3.8, 4) is 0 Å². The van der Waals surface area contributed by atoms with E-state index in [0.717, 1.165) is 10.9 Å². The Morgan fingerprint density at radius 2 is 2.26 bits per heavy atom. The van der Waals surface area contributed by atoms with Gasteiger partial charge in [0.25, 0.3) is 0 Å². The minimum Gasteiger partial charge on any atom is -0.356 e. The molecule has 1 aliphatic heterocycles. The molecule has 1 unspecified atom stereocenters. The lowest BCUT2D eigenvalue weighted by Gasteiger charge is -2.18. The van der Waals surface area contributed by atoms with Crippen molar-refractivity contribution in [1.29, 1.82) is 0 Å². The zero-order valence-corrected chi connectivity index (χ0v) is 10.2. The Hall–Kier alpha value is -2.21. The van der Waals surface area contributed by atoms with Crippen LogP contribution in [0.3, 0.4) is 0 Å². The highest BCUT2D eigenvalue weighted by molar-refractivity contribution is 6.02. The number of hydrogen-bond donors (Lipinski definition) is 2. The van der Waals surface area contributed by atoms with Gasteiger partial charge in [-0.25, -0.2) is 0 Å². The molecule has 0 aliphatic carbocycles. The molecule has 2 heterocycles. The molecule has 0 saturated carbocycles. The van der Waals surface area contributed by atoms with Gasteiger partial charge in [-0.3, -0.25) is 14.9 Å². The van der Waals surface area contributed by atoms with Crippen molar-refractivity contribution in [2.45, 2.75) is 25.3 Å². The number of nitrogens with one attached hydrogen (secondary N) is 1. The van der Waals surface area contributed by atoms with Crippen molar-refractivity contribution < 1.29 is 14.1 Å². The van der Waals surface area contributed by atoms with Crippen LogP contribution in [-0.4, -0.2) is 17.0 Å². The maximum atomic E-state index is 11.8. The number of imide groups is 1. The highest BCUT2D eigenvalue weighted by Gasteiger charge is 2.31. The second-order valence-electron chi connectivity index (χ2n) is 4.61. The fourth-order valence-electron chi connectivity index (χ4n) is 2.33. The number of hydrogen-bond acceptors (Lipinski definition) is 5. The van der Waals surface area contributed by atoms with Gasteiger partial charge in [0, 0.05) is 18.4 Å². The minimum absolute atomic E-state index is 0.237. The molecular weight excluding hydrogens is 246 g/mol. The quantitative estimate of drug-likeness (QED) is 0.777. The Kier molecular flexibility index (Phi) is 2.79. The first-order valence-electron chi connectivity index (χ1n) is 6.11. The second-order valence-corrected chi connectivity index (χ2v) is 4.61. The number of rotatable bonds is 2. The summed E-state index contributed by atoms with van der Waals surface area (Å²) in [5, 5.41) is 7.11. The molecule has 6 heteroatoms. The largest absolute Gasteiger partial charge is 0.356 e. The summed E-state index contributed by atoms with van der Waals surface area (Å²) in [7, 11) is 0. The lowest BCUT2D eigenvalue weighted by Crippen LogP contribution is -2.39. The number of nitrogens with two attached hydrogens (primary N) is 1. The van der Waals surface area contributed by atoms with E-state index in [1.807, 2.05) is 18.2 Å². The van der Waals surface area contributed by atoms with E-state index >= 15 is 0 Å². The van der Waals surface area contributed by atoms with Gasteiger partial charge in [-0.15, -0.1) is 0 Å². The third-order valence-corrected chi connectivity index (χ3v) is 3.37. The van der Waals surface area contributed by atoms with Crippen molar-refractivity contribution in [2.75, 3.05) is 0 Å². The van der Waals surface area contributed by atoms with Crippen LogP contribution in [0.2, 0.25) is 0 Å². The van der Waals surface area contributed by atoms with Crippen molar-refractivity contribution in [3.05, 3.63) is 29.5 Å². The van der Waals surface area contributed by atoms with Crippen molar-refractivity contribution in [2.24, 2.45) is 5.73 Å². The monoisotopic (exact) mass is 259 g/mol.